The maximum Gasteiger partial charge on any atom is 0.193 e. The summed E-state index contributed by atoms with van der Waals surface area (Å²) in [5, 5.41) is 3.46. The fraction of sp³-hybridized carbons (Fsp3) is 0.562. The van der Waals surface area contributed by atoms with Crippen molar-refractivity contribution in [3.63, 3.8) is 0 Å². The predicted molar refractivity (Wildman–Crippen MR) is 102 cm³/mol. The number of halogens is 1. The van der Waals surface area contributed by atoms with Gasteiger partial charge in [-0.25, -0.2) is 0 Å². The average Bonchev–Trinajstić information content (AvgIpc) is 2.98. The van der Waals surface area contributed by atoms with Gasteiger partial charge in [-0.1, -0.05) is 12.1 Å². The molecule has 21 heavy (non-hydrogen) atoms. The van der Waals surface area contributed by atoms with Crippen LogP contribution < -0.4 is 10.2 Å². The van der Waals surface area contributed by atoms with Gasteiger partial charge in [0, 0.05) is 39.9 Å². The molecule has 1 heterocycles. The Bertz CT molecular complexity index is 467. The van der Waals surface area contributed by atoms with Crippen LogP contribution in [0.3, 0.4) is 0 Å². The highest BCUT2D eigenvalue weighted by Crippen LogP contribution is 2.23. The van der Waals surface area contributed by atoms with E-state index in [0.717, 1.165) is 5.96 Å². The summed E-state index contributed by atoms with van der Waals surface area (Å²) in [6.45, 7) is 4.55. The van der Waals surface area contributed by atoms with E-state index in [2.05, 4.69) is 46.4 Å². The van der Waals surface area contributed by atoms with Crippen molar-refractivity contribution >= 4 is 35.6 Å². The van der Waals surface area contributed by atoms with E-state index in [4.69, 9.17) is 0 Å². The zero-order valence-electron chi connectivity index (χ0n) is 13.5. The van der Waals surface area contributed by atoms with Gasteiger partial charge in [-0.15, -0.1) is 24.0 Å². The first-order valence-corrected chi connectivity index (χ1v) is 7.37. The van der Waals surface area contributed by atoms with Crippen LogP contribution in [-0.4, -0.2) is 45.1 Å². The van der Waals surface area contributed by atoms with Gasteiger partial charge in [-0.2, -0.15) is 0 Å². The summed E-state index contributed by atoms with van der Waals surface area (Å²) >= 11 is 0. The fourth-order valence-electron chi connectivity index (χ4n) is 2.64. The smallest absolute Gasteiger partial charge is 0.193 e. The zero-order valence-corrected chi connectivity index (χ0v) is 15.8. The molecule has 5 heteroatoms. The van der Waals surface area contributed by atoms with E-state index in [-0.39, 0.29) is 30.0 Å². The number of rotatable bonds is 3. The number of guanidine groups is 1. The zero-order chi connectivity index (χ0) is 14.5. The van der Waals surface area contributed by atoms with Crippen LogP contribution in [0, 0.1) is 0 Å². The van der Waals surface area contributed by atoms with Gasteiger partial charge in [-0.3, -0.25) is 4.99 Å². The number of aliphatic imine (C=N–C) groups is 1. The molecule has 0 bridgehead atoms. The fourth-order valence-corrected chi connectivity index (χ4v) is 2.64. The van der Waals surface area contributed by atoms with E-state index >= 15 is 0 Å². The monoisotopic (exact) mass is 402 g/mol. The largest absolute Gasteiger partial charge is 0.372 e. The minimum absolute atomic E-state index is 0. The Hall–Kier alpha value is -0.980. The van der Waals surface area contributed by atoms with Gasteiger partial charge < -0.3 is 15.1 Å². The van der Waals surface area contributed by atoms with E-state index in [0.29, 0.717) is 0 Å². The van der Waals surface area contributed by atoms with Gasteiger partial charge in [0.1, 0.15) is 0 Å². The molecule has 0 radical (unpaired) electrons. The molecule has 1 N–H and O–H groups in total. The van der Waals surface area contributed by atoms with Gasteiger partial charge in [0.15, 0.2) is 5.96 Å². The lowest BCUT2D eigenvalue weighted by Crippen LogP contribution is -2.37. The Kier molecular flexibility index (Phi) is 7.28. The van der Waals surface area contributed by atoms with Crippen LogP contribution in [0.25, 0.3) is 0 Å². The molecule has 1 aromatic rings. The molecule has 1 aliphatic rings. The van der Waals surface area contributed by atoms with Crippen molar-refractivity contribution in [2.75, 3.05) is 39.1 Å². The SMILES string of the molecule is CN=C(NC(C)c1cccc(N2CCCC2)c1)N(C)C.I. The first-order valence-electron chi connectivity index (χ1n) is 7.37. The van der Waals surface area contributed by atoms with Crippen molar-refractivity contribution in [1.82, 2.24) is 10.2 Å². The van der Waals surface area contributed by atoms with Gasteiger partial charge in [0.05, 0.1) is 6.04 Å². The summed E-state index contributed by atoms with van der Waals surface area (Å²) in [5.74, 6) is 0.907. The number of hydrogen-bond donors (Lipinski definition) is 1. The molecular formula is C16H27IN4. The summed E-state index contributed by atoms with van der Waals surface area (Å²) < 4.78 is 0. The summed E-state index contributed by atoms with van der Waals surface area (Å²) in [6, 6.07) is 9.09. The van der Waals surface area contributed by atoms with Crippen LogP contribution in [0.1, 0.15) is 31.4 Å². The van der Waals surface area contributed by atoms with Crippen LogP contribution in [0.15, 0.2) is 29.3 Å². The Morgan fingerprint density at radius 2 is 1.95 bits per heavy atom. The molecule has 1 aliphatic heterocycles. The maximum atomic E-state index is 4.27. The Balaban J connectivity index is 0.00000220. The third-order valence-electron chi connectivity index (χ3n) is 3.82. The van der Waals surface area contributed by atoms with Gasteiger partial charge in [0.2, 0.25) is 0 Å². The van der Waals surface area contributed by atoms with Crippen molar-refractivity contribution in [3.8, 4) is 0 Å². The second-order valence-corrected chi connectivity index (χ2v) is 5.60. The lowest BCUT2D eigenvalue weighted by Gasteiger charge is -2.24. The van der Waals surface area contributed by atoms with Crippen molar-refractivity contribution in [2.45, 2.75) is 25.8 Å². The van der Waals surface area contributed by atoms with Crippen molar-refractivity contribution in [1.29, 1.82) is 0 Å². The first-order chi connectivity index (χ1) is 9.61. The van der Waals surface area contributed by atoms with Crippen molar-refractivity contribution < 1.29 is 0 Å². The highest BCUT2D eigenvalue weighted by molar-refractivity contribution is 14.0. The number of anilines is 1. The Labute approximate surface area is 145 Å². The third-order valence-corrected chi connectivity index (χ3v) is 3.82. The highest BCUT2D eigenvalue weighted by atomic mass is 127. The van der Waals surface area contributed by atoms with Gasteiger partial charge in [0.25, 0.3) is 0 Å². The molecule has 1 saturated heterocycles. The van der Waals surface area contributed by atoms with E-state index in [1.807, 2.05) is 26.0 Å². The first kappa shape index (κ1) is 18.1. The molecule has 0 aliphatic carbocycles. The molecule has 0 aromatic heterocycles. The molecule has 1 unspecified atom stereocenters. The summed E-state index contributed by atoms with van der Waals surface area (Å²) in [6.07, 6.45) is 2.62. The number of nitrogens with zero attached hydrogens (tertiary/aromatic N) is 3. The highest BCUT2D eigenvalue weighted by Gasteiger charge is 2.14. The summed E-state index contributed by atoms with van der Waals surface area (Å²) in [7, 11) is 5.82. The lowest BCUT2D eigenvalue weighted by atomic mass is 10.1. The Morgan fingerprint density at radius 1 is 1.29 bits per heavy atom. The Morgan fingerprint density at radius 3 is 2.52 bits per heavy atom. The summed E-state index contributed by atoms with van der Waals surface area (Å²) in [4.78, 5) is 8.74. The number of benzene rings is 1. The molecule has 4 nitrogen and oxygen atoms in total. The lowest BCUT2D eigenvalue weighted by molar-refractivity contribution is 0.557. The average molecular weight is 402 g/mol. The van der Waals surface area contributed by atoms with E-state index in [9.17, 15) is 0 Å². The number of hydrogen-bond acceptors (Lipinski definition) is 2. The van der Waals surface area contributed by atoms with E-state index < -0.39 is 0 Å². The van der Waals surface area contributed by atoms with Crippen molar-refractivity contribution in [2.24, 2.45) is 4.99 Å². The molecule has 1 aromatic carbocycles. The van der Waals surface area contributed by atoms with Crippen LogP contribution in [0.2, 0.25) is 0 Å². The van der Waals surface area contributed by atoms with E-state index in [1.165, 1.54) is 37.2 Å². The molecule has 1 fully saturated rings. The van der Waals surface area contributed by atoms with Crippen molar-refractivity contribution in [3.05, 3.63) is 29.8 Å². The van der Waals surface area contributed by atoms with Crippen LogP contribution >= 0.6 is 24.0 Å². The molecule has 0 saturated carbocycles. The minimum Gasteiger partial charge on any atom is -0.372 e. The second-order valence-electron chi connectivity index (χ2n) is 5.60. The quantitative estimate of drug-likeness (QED) is 0.479. The standard InChI is InChI=1S/C16H26N4.HI/c1-13(18-16(17-2)19(3)4)14-8-7-9-15(12-14)20-10-5-6-11-20;/h7-9,12-13H,5-6,10-11H2,1-4H3,(H,17,18);1H. The molecular weight excluding hydrogens is 375 g/mol. The normalized spacial score (nSPS) is 16.4. The molecule has 1 atom stereocenters. The van der Waals surface area contributed by atoms with Gasteiger partial charge in [-0.05, 0) is 37.5 Å². The van der Waals surface area contributed by atoms with Crippen LogP contribution in [0.4, 0.5) is 5.69 Å². The maximum absolute atomic E-state index is 4.27. The molecule has 0 spiro atoms. The minimum atomic E-state index is 0. The van der Waals surface area contributed by atoms with E-state index in [1.54, 1.807) is 0 Å². The van der Waals surface area contributed by atoms with Gasteiger partial charge >= 0.3 is 0 Å². The number of nitrogens with one attached hydrogen (secondary N) is 1. The van der Waals surface area contributed by atoms with Crippen LogP contribution in [0.5, 0.6) is 0 Å². The summed E-state index contributed by atoms with van der Waals surface area (Å²) in [5.41, 5.74) is 2.64. The molecule has 0 amide bonds. The predicted octanol–water partition coefficient (Wildman–Crippen LogP) is 3.10. The second kappa shape index (κ2) is 8.46. The third kappa shape index (κ3) is 4.76. The molecule has 118 valence electrons. The van der Waals surface area contributed by atoms with Crippen LogP contribution in [-0.2, 0) is 0 Å². The topological polar surface area (TPSA) is 30.9 Å². The molecule has 2 rings (SSSR count).